The molecule has 6 heterocycles. The van der Waals surface area contributed by atoms with E-state index < -0.39 is 0 Å². The highest BCUT2D eigenvalue weighted by molar-refractivity contribution is 7.25. The minimum atomic E-state index is 0.549. The van der Waals surface area contributed by atoms with E-state index in [4.69, 9.17) is 4.98 Å². The zero-order chi connectivity index (χ0) is 51.4. The van der Waals surface area contributed by atoms with E-state index >= 15 is 0 Å². The summed E-state index contributed by atoms with van der Waals surface area (Å²) in [4.78, 5) is 6.01. The molecule has 0 spiro atoms. The van der Waals surface area contributed by atoms with Gasteiger partial charge in [-0.1, -0.05) is 133 Å². The van der Waals surface area contributed by atoms with E-state index in [-0.39, 0.29) is 0 Å². The van der Waals surface area contributed by atoms with Crippen LogP contribution in [0.5, 0.6) is 0 Å². The Bertz CT molecular complexity index is 5030. The largest absolute Gasteiger partial charge is 0.306 e. The van der Waals surface area contributed by atoms with Gasteiger partial charge in [-0.25, -0.2) is 4.98 Å². The van der Waals surface area contributed by atoms with Gasteiger partial charge in [-0.3, -0.25) is 0 Å². The lowest BCUT2D eigenvalue weighted by molar-refractivity contribution is 1.04. The third-order valence-corrected chi connectivity index (χ3v) is 17.6. The van der Waals surface area contributed by atoms with Gasteiger partial charge in [0.25, 0.3) is 0 Å². The highest BCUT2D eigenvalue weighted by Gasteiger charge is 2.36. The molecule has 0 fully saturated rings. The molecule has 0 bridgehead atoms. The van der Waals surface area contributed by atoms with Gasteiger partial charge in [-0.2, -0.15) is 5.26 Å². The van der Waals surface area contributed by atoms with Crippen molar-refractivity contribution in [2.75, 3.05) is 0 Å². The van der Waals surface area contributed by atoms with Crippen LogP contribution >= 0.6 is 11.3 Å². The molecule has 0 N–H and O–H groups in total. The molecule has 0 aliphatic rings. The number of para-hydroxylation sites is 4. The fourth-order valence-electron chi connectivity index (χ4n) is 13.6. The van der Waals surface area contributed by atoms with Crippen LogP contribution < -0.4 is 0 Å². The van der Waals surface area contributed by atoms with Crippen molar-refractivity contribution < 1.29 is 0 Å². The molecule has 6 aromatic heterocycles. The fraction of sp³-hybridized carbons (Fsp3) is 0.0571. The SMILES string of the molecule is Cc1cccc2c1c1ccccc1n2-c1c(C#N)c(-n2c3ccccc3c3c(C)cccc32)c(-n2c3ccccc3c3c(C)cccc32)c(-c2cccc3sc4ncccc4c23)c1-n1c2ccccc2c2c(C)cccc21. The van der Waals surface area contributed by atoms with Crippen molar-refractivity contribution in [2.24, 2.45) is 0 Å². The number of aromatic nitrogens is 5. The monoisotopic (exact) mass is 1000 g/mol. The van der Waals surface area contributed by atoms with E-state index in [2.05, 4.69) is 252 Å². The quantitative estimate of drug-likeness (QED) is 0.172. The number of thiophene rings is 1. The molecule has 16 rings (SSSR count). The Kier molecular flexibility index (Phi) is 9.14. The summed E-state index contributed by atoms with van der Waals surface area (Å²) in [5.74, 6) is 0. The molecule has 0 aliphatic carbocycles. The lowest BCUT2D eigenvalue weighted by Crippen LogP contribution is -2.16. The zero-order valence-electron chi connectivity index (χ0n) is 42.7. The molecule has 0 saturated heterocycles. The predicted octanol–water partition coefficient (Wildman–Crippen LogP) is 18.6. The molecule has 0 aliphatic heterocycles. The molecule has 0 amide bonds. The molecular weight excluding hydrogens is 957 g/mol. The number of rotatable bonds is 5. The summed E-state index contributed by atoms with van der Waals surface area (Å²) in [6.07, 6.45) is 1.90. The van der Waals surface area contributed by atoms with Crippen LogP contribution in [0.4, 0.5) is 0 Å². The molecule has 6 nitrogen and oxygen atoms in total. The summed E-state index contributed by atoms with van der Waals surface area (Å²) >= 11 is 1.73. The molecule has 0 saturated carbocycles. The van der Waals surface area contributed by atoms with Crippen molar-refractivity contribution in [3.05, 3.63) is 234 Å². The zero-order valence-corrected chi connectivity index (χ0v) is 43.5. The molecule has 77 heavy (non-hydrogen) atoms. The average molecular weight is 1000 g/mol. The van der Waals surface area contributed by atoms with Gasteiger partial charge in [0.15, 0.2) is 0 Å². The first-order chi connectivity index (χ1) is 37.9. The van der Waals surface area contributed by atoms with Crippen molar-refractivity contribution >= 4 is 119 Å². The number of nitrogens with zero attached hydrogens (tertiary/aromatic N) is 6. The number of aryl methyl sites for hydroxylation is 4. The second-order valence-corrected chi connectivity index (χ2v) is 21.7. The molecule has 0 unspecified atom stereocenters. The van der Waals surface area contributed by atoms with Crippen molar-refractivity contribution in [3.8, 4) is 39.9 Å². The number of benzene rings is 10. The normalized spacial score (nSPS) is 12.1. The highest BCUT2D eigenvalue weighted by Crippen LogP contribution is 2.54. The minimum absolute atomic E-state index is 0.549. The Morgan fingerprint density at radius 1 is 0.351 bits per heavy atom. The van der Waals surface area contributed by atoms with Crippen LogP contribution in [-0.2, 0) is 0 Å². The number of hydrogen-bond acceptors (Lipinski definition) is 3. The van der Waals surface area contributed by atoms with Crippen LogP contribution in [0, 0.1) is 39.0 Å². The lowest BCUT2D eigenvalue weighted by Gasteiger charge is -2.29. The van der Waals surface area contributed by atoms with Gasteiger partial charge in [0, 0.05) is 70.3 Å². The average Bonchev–Trinajstić information content (AvgIpc) is 4.39. The Balaban J connectivity index is 1.31. The molecule has 16 aromatic rings. The topological polar surface area (TPSA) is 56.4 Å². The van der Waals surface area contributed by atoms with E-state index in [1.807, 2.05) is 6.20 Å². The summed E-state index contributed by atoms with van der Waals surface area (Å²) in [6, 6.07) is 76.0. The molecule has 0 atom stereocenters. The molecule has 7 heteroatoms. The summed E-state index contributed by atoms with van der Waals surface area (Å²) in [5.41, 5.74) is 19.0. The third kappa shape index (κ3) is 5.80. The molecule has 10 aromatic carbocycles. The molecular formula is C70H46N6S. The van der Waals surface area contributed by atoms with Crippen LogP contribution in [-0.4, -0.2) is 23.3 Å². The standard InChI is InChI=1S/C70H46N6S/c1-40-19-13-33-55-60(40)44-23-5-9-29-51(44)73(55)66-50(39-71)67(74-52-30-10-6-24-45(52)61-41(2)20-14-34-56(61)74)69(76-54-32-12-8-26-47(54)63-43(4)22-16-36-58(63)76)65(48-27-17-37-59-64(48)49-28-18-38-72-70(49)77-59)68(66)75-53-31-11-7-25-46(53)62-42(3)21-15-35-57(62)75/h5-38H,1-4H3. The fourth-order valence-corrected chi connectivity index (χ4v) is 14.6. The first kappa shape index (κ1) is 43.6. The molecule has 362 valence electrons. The second kappa shape index (κ2) is 16.1. The predicted molar refractivity (Wildman–Crippen MR) is 324 cm³/mol. The van der Waals surface area contributed by atoms with Crippen molar-refractivity contribution in [3.63, 3.8) is 0 Å². The minimum Gasteiger partial charge on any atom is -0.306 e. The number of hydrogen-bond donors (Lipinski definition) is 0. The van der Waals surface area contributed by atoms with Gasteiger partial charge in [0.05, 0.1) is 66.9 Å². The maximum atomic E-state index is 13.0. The van der Waals surface area contributed by atoms with E-state index in [9.17, 15) is 5.26 Å². The summed E-state index contributed by atoms with van der Waals surface area (Å²) in [5, 5.41) is 24.4. The maximum absolute atomic E-state index is 13.0. The van der Waals surface area contributed by atoms with Crippen LogP contribution in [0.25, 0.3) is 141 Å². The van der Waals surface area contributed by atoms with Gasteiger partial charge in [-0.15, -0.1) is 11.3 Å². The second-order valence-electron chi connectivity index (χ2n) is 20.7. The van der Waals surface area contributed by atoms with Crippen LogP contribution in [0.2, 0.25) is 0 Å². The Hall–Kier alpha value is -9.74. The Morgan fingerprint density at radius 2 is 0.701 bits per heavy atom. The Morgan fingerprint density at radius 3 is 1.10 bits per heavy atom. The number of pyridine rings is 1. The van der Waals surface area contributed by atoms with Gasteiger partial charge >= 0.3 is 0 Å². The lowest BCUT2D eigenvalue weighted by atomic mass is 9.91. The maximum Gasteiger partial charge on any atom is 0.124 e. The van der Waals surface area contributed by atoms with Crippen LogP contribution in [0.3, 0.4) is 0 Å². The van der Waals surface area contributed by atoms with Crippen LogP contribution in [0.15, 0.2) is 206 Å². The van der Waals surface area contributed by atoms with E-state index in [1.54, 1.807) is 11.3 Å². The van der Waals surface area contributed by atoms with Crippen molar-refractivity contribution in [2.45, 2.75) is 27.7 Å². The third-order valence-electron chi connectivity index (χ3n) is 16.6. The van der Waals surface area contributed by atoms with Gasteiger partial charge in [-0.05, 0) is 122 Å². The summed E-state index contributed by atoms with van der Waals surface area (Å²) < 4.78 is 11.0. The number of nitriles is 1. The van der Waals surface area contributed by atoms with Crippen LogP contribution in [0.1, 0.15) is 27.8 Å². The Labute approximate surface area is 446 Å². The van der Waals surface area contributed by atoms with E-state index in [0.717, 1.165) is 131 Å². The van der Waals surface area contributed by atoms with Crippen molar-refractivity contribution in [1.82, 2.24) is 23.3 Å². The number of fused-ring (bicyclic) bond motifs is 15. The van der Waals surface area contributed by atoms with Gasteiger partial charge in [0.1, 0.15) is 16.5 Å². The van der Waals surface area contributed by atoms with E-state index in [1.165, 1.54) is 33.0 Å². The van der Waals surface area contributed by atoms with E-state index in [0.29, 0.717) is 5.56 Å². The smallest absolute Gasteiger partial charge is 0.124 e. The summed E-state index contributed by atoms with van der Waals surface area (Å²) in [6.45, 7) is 8.87. The molecule has 0 radical (unpaired) electrons. The first-order valence-electron chi connectivity index (χ1n) is 26.3. The first-order valence-corrected chi connectivity index (χ1v) is 27.1. The highest BCUT2D eigenvalue weighted by atomic mass is 32.1. The summed E-state index contributed by atoms with van der Waals surface area (Å²) in [7, 11) is 0. The van der Waals surface area contributed by atoms with Gasteiger partial charge in [0.2, 0.25) is 0 Å². The van der Waals surface area contributed by atoms with Crippen molar-refractivity contribution in [1.29, 1.82) is 5.26 Å². The van der Waals surface area contributed by atoms with Gasteiger partial charge < -0.3 is 18.3 Å².